The number of carbonyl (C=O) groups is 2. The Morgan fingerprint density at radius 1 is 1.10 bits per heavy atom. The number of nitrogens with zero attached hydrogens (tertiary/aromatic N) is 1. The van der Waals surface area contributed by atoms with E-state index in [-0.39, 0.29) is 43.7 Å². The van der Waals surface area contributed by atoms with Crippen LogP contribution in [0.2, 0.25) is 5.02 Å². The van der Waals surface area contributed by atoms with Crippen molar-refractivity contribution in [1.82, 2.24) is 10.2 Å². The third-order valence-corrected chi connectivity index (χ3v) is 7.97. The van der Waals surface area contributed by atoms with Gasteiger partial charge in [-0.1, -0.05) is 41.4 Å². The van der Waals surface area contributed by atoms with Gasteiger partial charge in [0.25, 0.3) is 0 Å². The molecule has 9 nitrogen and oxygen atoms in total. The van der Waals surface area contributed by atoms with Crippen molar-refractivity contribution in [2.75, 3.05) is 38.7 Å². The lowest BCUT2D eigenvalue weighted by molar-refractivity contribution is -0.125. The van der Waals surface area contributed by atoms with Crippen LogP contribution >= 0.6 is 11.6 Å². The fourth-order valence-electron chi connectivity index (χ4n) is 5.64. The Kier molecular flexibility index (Phi) is 9.51. The molecule has 3 N–H and O–H groups in total. The summed E-state index contributed by atoms with van der Waals surface area (Å²) in [5.41, 5.74) is 4.24. The molecule has 0 bridgehead atoms. The molecule has 3 unspecified atom stereocenters. The van der Waals surface area contributed by atoms with Gasteiger partial charge < -0.3 is 30.0 Å². The Labute approximate surface area is 250 Å². The Hall–Kier alpha value is -3.79. The van der Waals surface area contributed by atoms with E-state index in [4.69, 9.17) is 25.8 Å². The number of halogens is 1. The van der Waals surface area contributed by atoms with Crippen LogP contribution in [0.25, 0.3) is 0 Å². The summed E-state index contributed by atoms with van der Waals surface area (Å²) in [5, 5.41) is 17.1. The van der Waals surface area contributed by atoms with Crippen molar-refractivity contribution in [1.29, 1.82) is 0 Å². The number of aliphatic hydroxyl groups excluding tert-OH is 1. The van der Waals surface area contributed by atoms with Crippen molar-refractivity contribution in [3.05, 3.63) is 88.4 Å². The maximum Gasteiger partial charge on any atom is 0.415 e. The van der Waals surface area contributed by atoms with Crippen LogP contribution in [0, 0.1) is 6.92 Å². The molecule has 2 aliphatic rings. The Balaban J connectivity index is 1.29. The van der Waals surface area contributed by atoms with Gasteiger partial charge in [0.1, 0.15) is 18.1 Å². The van der Waals surface area contributed by atoms with Crippen LogP contribution in [-0.4, -0.2) is 67.6 Å². The van der Waals surface area contributed by atoms with Gasteiger partial charge in [0, 0.05) is 43.2 Å². The summed E-state index contributed by atoms with van der Waals surface area (Å²) in [5.74, 6) is 1.06. The maximum absolute atomic E-state index is 13.5. The number of aryl methyl sites for hydroxylation is 1. The molecule has 0 aromatic heterocycles. The number of anilines is 1. The average molecular weight is 594 g/mol. The van der Waals surface area contributed by atoms with Crippen LogP contribution in [0.15, 0.2) is 66.7 Å². The second-order valence-electron chi connectivity index (χ2n) is 10.7. The second-order valence-corrected chi connectivity index (χ2v) is 11.1. The number of likely N-dealkylation sites (tertiary alicyclic amines) is 1. The molecule has 2 heterocycles. The van der Waals surface area contributed by atoms with Gasteiger partial charge in [-0.15, -0.1) is 0 Å². The minimum absolute atomic E-state index is 0.0470. The fraction of sp³-hybridized carbons (Fsp3) is 0.375. The van der Waals surface area contributed by atoms with Crippen molar-refractivity contribution in [2.24, 2.45) is 0 Å². The van der Waals surface area contributed by atoms with Gasteiger partial charge in [0.05, 0.1) is 24.8 Å². The van der Waals surface area contributed by atoms with Crippen molar-refractivity contribution in [3.8, 4) is 11.5 Å². The van der Waals surface area contributed by atoms with Gasteiger partial charge in [0.2, 0.25) is 5.91 Å². The van der Waals surface area contributed by atoms with E-state index in [0.717, 1.165) is 23.2 Å². The van der Waals surface area contributed by atoms with E-state index in [1.54, 1.807) is 17.0 Å². The molecular formula is C32H36ClN3O6. The van der Waals surface area contributed by atoms with Gasteiger partial charge in [-0.2, -0.15) is 0 Å². The van der Waals surface area contributed by atoms with E-state index in [1.165, 1.54) is 12.7 Å². The fourth-order valence-corrected chi connectivity index (χ4v) is 5.82. The lowest BCUT2D eigenvalue weighted by Crippen LogP contribution is -2.50. The summed E-state index contributed by atoms with van der Waals surface area (Å²) < 4.78 is 16.4. The smallest absolute Gasteiger partial charge is 0.415 e. The zero-order chi connectivity index (χ0) is 29.6. The number of piperidine rings is 1. The molecule has 2 amide bonds. The Morgan fingerprint density at radius 3 is 2.57 bits per heavy atom. The molecule has 5 rings (SSSR count). The molecule has 3 aromatic carbocycles. The normalized spacial score (nSPS) is 19.7. The summed E-state index contributed by atoms with van der Waals surface area (Å²) in [6, 6.07) is 20.6. The molecule has 10 heteroatoms. The van der Waals surface area contributed by atoms with Crippen molar-refractivity contribution >= 4 is 29.3 Å². The molecule has 222 valence electrons. The van der Waals surface area contributed by atoms with Crippen molar-refractivity contribution in [2.45, 2.75) is 43.9 Å². The number of aliphatic hydroxyl groups is 1. The number of hydrogen-bond donors (Lipinski definition) is 3. The van der Waals surface area contributed by atoms with Crippen molar-refractivity contribution in [3.63, 3.8) is 0 Å². The van der Waals surface area contributed by atoms with E-state index in [1.807, 2.05) is 61.5 Å². The molecule has 1 saturated heterocycles. The van der Waals surface area contributed by atoms with Gasteiger partial charge in [-0.25, -0.2) is 4.79 Å². The SMILES string of the molecule is COCC(=O)NCC(O)CCOc1ccc([C@H]2C3Nc4ccc(Cl)cc4C3CCN2C(=O)Oc2ccc(C)cc2)cc1. The van der Waals surface area contributed by atoms with Crippen LogP contribution in [0.4, 0.5) is 10.5 Å². The van der Waals surface area contributed by atoms with Gasteiger partial charge in [-0.3, -0.25) is 9.69 Å². The van der Waals surface area contributed by atoms with Crippen LogP contribution in [0.1, 0.15) is 41.5 Å². The number of rotatable bonds is 10. The molecule has 4 atom stereocenters. The highest BCUT2D eigenvalue weighted by atomic mass is 35.5. The lowest BCUT2D eigenvalue weighted by atomic mass is 9.81. The minimum Gasteiger partial charge on any atom is -0.493 e. The molecule has 0 aliphatic carbocycles. The Morgan fingerprint density at radius 2 is 1.83 bits per heavy atom. The number of amides is 2. The number of nitrogens with one attached hydrogen (secondary N) is 2. The highest BCUT2D eigenvalue weighted by molar-refractivity contribution is 6.30. The molecule has 0 radical (unpaired) electrons. The third kappa shape index (κ3) is 6.98. The van der Waals surface area contributed by atoms with Crippen molar-refractivity contribution < 1.29 is 28.9 Å². The maximum atomic E-state index is 13.5. The van der Waals surface area contributed by atoms with Crippen LogP contribution in [-0.2, 0) is 9.53 Å². The van der Waals surface area contributed by atoms with E-state index < -0.39 is 12.2 Å². The predicted molar refractivity (Wildman–Crippen MR) is 160 cm³/mol. The molecular weight excluding hydrogens is 558 g/mol. The quantitative estimate of drug-likeness (QED) is 0.301. The van der Waals surface area contributed by atoms with E-state index >= 15 is 0 Å². The molecule has 0 saturated carbocycles. The average Bonchev–Trinajstić information content (AvgIpc) is 3.35. The molecule has 3 aromatic rings. The van der Waals surface area contributed by atoms with E-state index in [9.17, 15) is 14.7 Å². The largest absolute Gasteiger partial charge is 0.493 e. The van der Waals surface area contributed by atoms with Crippen LogP contribution < -0.4 is 20.1 Å². The Bertz CT molecular complexity index is 1380. The van der Waals surface area contributed by atoms with Gasteiger partial charge in [0.15, 0.2) is 0 Å². The summed E-state index contributed by atoms with van der Waals surface area (Å²) in [6.07, 6.45) is -0.00373. The molecule has 2 aliphatic heterocycles. The first-order chi connectivity index (χ1) is 20.3. The molecule has 42 heavy (non-hydrogen) atoms. The number of carbonyl (C=O) groups excluding carboxylic acids is 2. The molecule has 1 fully saturated rings. The summed E-state index contributed by atoms with van der Waals surface area (Å²) in [6.45, 7) is 2.88. The summed E-state index contributed by atoms with van der Waals surface area (Å²) >= 11 is 6.35. The van der Waals surface area contributed by atoms with Gasteiger partial charge >= 0.3 is 6.09 Å². The number of ether oxygens (including phenoxy) is 3. The first-order valence-electron chi connectivity index (χ1n) is 14.1. The molecule has 0 spiro atoms. The standard InChI is InChI=1S/C32H36ClN3O6/c1-20-3-8-25(9-4-20)42-32(39)36-15-13-26-27-17-22(33)7-12-28(27)35-30(26)31(36)21-5-10-24(11-6-21)41-16-14-23(37)18-34-29(38)19-40-2/h3-12,17,23,26,30-31,35,37H,13-16,18-19H2,1-2H3,(H,34,38)/t23?,26?,30?,31-/m0/s1. The second kappa shape index (κ2) is 13.5. The first kappa shape index (κ1) is 29.7. The minimum atomic E-state index is -0.735. The zero-order valence-corrected chi connectivity index (χ0v) is 24.5. The van der Waals surface area contributed by atoms with E-state index in [2.05, 4.69) is 10.6 Å². The summed E-state index contributed by atoms with van der Waals surface area (Å²) in [7, 11) is 1.44. The lowest BCUT2D eigenvalue weighted by Gasteiger charge is -2.42. The van der Waals surface area contributed by atoms with Crippen LogP contribution in [0.3, 0.4) is 0 Å². The third-order valence-electron chi connectivity index (χ3n) is 7.74. The number of benzene rings is 3. The van der Waals surface area contributed by atoms with E-state index in [0.29, 0.717) is 29.5 Å². The number of hydrogen-bond acceptors (Lipinski definition) is 7. The van der Waals surface area contributed by atoms with Gasteiger partial charge in [-0.05, 0) is 66.9 Å². The highest BCUT2D eigenvalue weighted by Gasteiger charge is 2.46. The monoisotopic (exact) mass is 593 g/mol. The number of fused-ring (bicyclic) bond motifs is 3. The highest BCUT2D eigenvalue weighted by Crippen LogP contribution is 2.48. The summed E-state index contributed by atoms with van der Waals surface area (Å²) in [4.78, 5) is 26.8. The topological polar surface area (TPSA) is 109 Å². The predicted octanol–water partition coefficient (Wildman–Crippen LogP) is 5.06. The first-order valence-corrected chi connectivity index (χ1v) is 14.5. The zero-order valence-electron chi connectivity index (χ0n) is 23.7. The van der Waals surface area contributed by atoms with Crippen LogP contribution in [0.5, 0.6) is 11.5 Å². The number of methoxy groups -OCH3 is 1.